The second-order valence-corrected chi connectivity index (χ2v) is 7.82. The number of nitrogens with one attached hydrogen (secondary N) is 1. The largest absolute Gasteiger partial charge is 0.448 e. The molecule has 0 saturated carbocycles. The molecule has 0 amide bonds. The van der Waals surface area contributed by atoms with Gasteiger partial charge in [0.25, 0.3) is 0 Å². The van der Waals surface area contributed by atoms with Crippen molar-refractivity contribution in [3.05, 3.63) is 57.6 Å². The predicted molar refractivity (Wildman–Crippen MR) is 108 cm³/mol. The van der Waals surface area contributed by atoms with Gasteiger partial charge in [-0.2, -0.15) is 4.98 Å². The van der Waals surface area contributed by atoms with Gasteiger partial charge in [-0.1, -0.05) is 45.9 Å². The Morgan fingerprint density at radius 3 is 2.69 bits per heavy atom. The number of aromatic nitrogens is 3. The number of hydrogen-bond acceptors (Lipinski definition) is 6. The standard InChI is InChI=1S/C19H17BrN4OS/c1-10-4-5-12(8-11(10)2)17-21-15-7-6-13(20)9-14(15)16-18(25-17)22-19(26-3)24-23-16/h4-9,17,21H,1-3H3/t17-/m1/s1. The molecule has 0 fully saturated rings. The molecule has 0 spiro atoms. The van der Waals surface area contributed by atoms with E-state index in [9.17, 15) is 0 Å². The highest BCUT2D eigenvalue weighted by atomic mass is 79.9. The lowest BCUT2D eigenvalue weighted by atomic mass is 10.1. The third-order valence-corrected chi connectivity index (χ3v) is 5.44. The molecule has 5 nitrogen and oxygen atoms in total. The predicted octanol–water partition coefficient (Wildman–Crippen LogP) is 5.14. The summed E-state index contributed by atoms with van der Waals surface area (Å²) in [5, 5.41) is 12.6. The van der Waals surface area contributed by atoms with Crippen molar-refractivity contribution in [3.8, 4) is 17.1 Å². The highest BCUT2D eigenvalue weighted by molar-refractivity contribution is 9.10. The third-order valence-electron chi connectivity index (χ3n) is 4.40. The molecule has 0 aliphatic carbocycles. The number of halogens is 1. The van der Waals surface area contributed by atoms with Crippen molar-refractivity contribution >= 4 is 33.4 Å². The summed E-state index contributed by atoms with van der Waals surface area (Å²) in [5.74, 6) is 0.483. The summed E-state index contributed by atoms with van der Waals surface area (Å²) in [6.07, 6.45) is 1.56. The van der Waals surface area contributed by atoms with Crippen LogP contribution in [0.15, 0.2) is 46.0 Å². The minimum atomic E-state index is -0.359. The third kappa shape index (κ3) is 3.17. The minimum Gasteiger partial charge on any atom is -0.448 e. The Hall–Kier alpha value is -2.12. The van der Waals surface area contributed by atoms with Gasteiger partial charge in [-0.15, -0.1) is 10.2 Å². The minimum absolute atomic E-state index is 0.359. The Kier molecular flexibility index (Phi) is 4.58. The fraction of sp³-hybridized carbons (Fsp3) is 0.211. The molecule has 0 radical (unpaired) electrons. The maximum Gasteiger partial charge on any atom is 0.247 e. The van der Waals surface area contributed by atoms with Crippen molar-refractivity contribution in [1.82, 2.24) is 15.2 Å². The van der Waals surface area contributed by atoms with Gasteiger partial charge < -0.3 is 10.1 Å². The molecular formula is C19H17BrN4OS. The number of aryl methyl sites for hydroxylation is 2. The van der Waals surface area contributed by atoms with Crippen molar-refractivity contribution in [2.45, 2.75) is 25.2 Å². The lowest BCUT2D eigenvalue weighted by Crippen LogP contribution is -2.17. The van der Waals surface area contributed by atoms with Crippen LogP contribution >= 0.6 is 27.7 Å². The summed E-state index contributed by atoms with van der Waals surface area (Å²) in [6.45, 7) is 4.20. The van der Waals surface area contributed by atoms with Crippen molar-refractivity contribution < 1.29 is 4.74 Å². The molecule has 26 heavy (non-hydrogen) atoms. The van der Waals surface area contributed by atoms with Crippen molar-refractivity contribution in [2.24, 2.45) is 0 Å². The van der Waals surface area contributed by atoms with Crippen LogP contribution in [0.3, 0.4) is 0 Å². The Labute approximate surface area is 164 Å². The van der Waals surface area contributed by atoms with Gasteiger partial charge in [-0.05, 0) is 49.4 Å². The van der Waals surface area contributed by atoms with Gasteiger partial charge in [0.2, 0.25) is 11.0 Å². The van der Waals surface area contributed by atoms with Gasteiger partial charge in [0.15, 0.2) is 11.9 Å². The number of fused-ring (bicyclic) bond motifs is 3. The summed E-state index contributed by atoms with van der Waals surface area (Å²) in [7, 11) is 0. The van der Waals surface area contributed by atoms with Gasteiger partial charge in [-0.25, -0.2) is 0 Å². The first-order valence-corrected chi connectivity index (χ1v) is 10.2. The van der Waals surface area contributed by atoms with Crippen LogP contribution in [0.25, 0.3) is 11.3 Å². The first-order valence-electron chi connectivity index (χ1n) is 8.14. The van der Waals surface area contributed by atoms with E-state index in [1.54, 1.807) is 0 Å². The zero-order valence-corrected chi connectivity index (χ0v) is 17.0. The molecular weight excluding hydrogens is 412 g/mol. The van der Waals surface area contributed by atoms with Crippen LogP contribution in [0.2, 0.25) is 0 Å². The van der Waals surface area contributed by atoms with Crippen LogP contribution in [-0.4, -0.2) is 21.4 Å². The van der Waals surface area contributed by atoms with E-state index in [2.05, 4.69) is 68.5 Å². The highest BCUT2D eigenvalue weighted by Gasteiger charge is 2.26. The second-order valence-electron chi connectivity index (χ2n) is 6.13. The van der Waals surface area contributed by atoms with E-state index in [-0.39, 0.29) is 6.23 Å². The first-order chi connectivity index (χ1) is 12.5. The van der Waals surface area contributed by atoms with Crippen molar-refractivity contribution in [2.75, 3.05) is 11.6 Å². The smallest absolute Gasteiger partial charge is 0.247 e. The molecule has 1 atom stereocenters. The van der Waals surface area contributed by atoms with E-state index < -0.39 is 0 Å². The van der Waals surface area contributed by atoms with Crippen LogP contribution in [0.4, 0.5) is 5.69 Å². The molecule has 2 aromatic carbocycles. The van der Waals surface area contributed by atoms with Gasteiger partial charge in [-0.3, -0.25) is 0 Å². The number of ether oxygens (including phenoxy) is 1. The van der Waals surface area contributed by atoms with E-state index >= 15 is 0 Å². The van der Waals surface area contributed by atoms with E-state index in [0.717, 1.165) is 21.3 Å². The van der Waals surface area contributed by atoms with Crippen molar-refractivity contribution in [1.29, 1.82) is 0 Å². The average molecular weight is 429 g/mol. The molecule has 1 aliphatic rings. The molecule has 2 heterocycles. The van der Waals surface area contributed by atoms with Crippen LogP contribution in [0.5, 0.6) is 5.88 Å². The lowest BCUT2D eigenvalue weighted by Gasteiger charge is -2.20. The Morgan fingerprint density at radius 1 is 1.08 bits per heavy atom. The number of anilines is 1. The quantitative estimate of drug-likeness (QED) is 0.569. The summed E-state index contributed by atoms with van der Waals surface area (Å²) in [5.41, 5.74) is 5.99. The molecule has 3 aromatic rings. The summed E-state index contributed by atoms with van der Waals surface area (Å²) in [6, 6.07) is 12.3. The van der Waals surface area contributed by atoms with E-state index in [4.69, 9.17) is 4.74 Å². The number of thioether (sulfide) groups is 1. The van der Waals surface area contributed by atoms with Crippen LogP contribution in [0, 0.1) is 13.8 Å². The number of nitrogens with zero attached hydrogens (tertiary/aromatic N) is 3. The molecule has 4 rings (SSSR count). The molecule has 132 valence electrons. The SMILES string of the molecule is CSc1nnc2c(n1)O[C@H](c1ccc(C)c(C)c1)Nc1ccc(Br)cc1-2. The number of rotatable bonds is 2. The summed E-state index contributed by atoms with van der Waals surface area (Å²) < 4.78 is 7.21. The number of benzene rings is 2. The maximum absolute atomic E-state index is 6.25. The molecule has 1 N–H and O–H groups in total. The normalized spacial score (nSPS) is 15.3. The zero-order valence-electron chi connectivity index (χ0n) is 14.6. The molecule has 7 heteroatoms. The Bertz CT molecular complexity index is 995. The van der Waals surface area contributed by atoms with Crippen LogP contribution in [0.1, 0.15) is 22.9 Å². The Morgan fingerprint density at radius 2 is 1.92 bits per heavy atom. The fourth-order valence-electron chi connectivity index (χ4n) is 2.84. The molecule has 0 unspecified atom stereocenters. The monoisotopic (exact) mass is 428 g/mol. The van der Waals surface area contributed by atoms with Gasteiger partial charge in [0.05, 0.1) is 0 Å². The van der Waals surface area contributed by atoms with E-state index in [1.165, 1.54) is 22.9 Å². The zero-order chi connectivity index (χ0) is 18.3. The Balaban J connectivity index is 1.87. The first kappa shape index (κ1) is 17.3. The fourth-order valence-corrected chi connectivity index (χ4v) is 3.49. The van der Waals surface area contributed by atoms with Crippen molar-refractivity contribution in [3.63, 3.8) is 0 Å². The van der Waals surface area contributed by atoms with E-state index in [0.29, 0.717) is 16.7 Å². The summed E-state index contributed by atoms with van der Waals surface area (Å²) >= 11 is 4.97. The van der Waals surface area contributed by atoms with Gasteiger partial charge in [0, 0.05) is 21.3 Å². The molecule has 0 bridgehead atoms. The number of hydrogen-bond donors (Lipinski definition) is 1. The van der Waals surface area contributed by atoms with Crippen LogP contribution < -0.4 is 10.1 Å². The van der Waals surface area contributed by atoms with E-state index in [1.807, 2.05) is 24.5 Å². The molecule has 1 aliphatic heterocycles. The van der Waals surface area contributed by atoms with Gasteiger partial charge >= 0.3 is 0 Å². The van der Waals surface area contributed by atoms with Gasteiger partial charge in [0.1, 0.15) is 0 Å². The van der Waals surface area contributed by atoms with Crippen LogP contribution in [-0.2, 0) is 0 Å². The topological polar surface area (TPSA) is 59.9 Å². The lowest BCUT2D eigenvalue weighted by molar-refractivity contribution is 0.225. The summed E-state index contributed by atoms with van der Waals surface area (Å²) in [4.78, 5) is 4.55. The second kappa shape index (κ2) is 6.89. The molecule has 1 aromatic heterocycles. The molecule has 0 saturated heterocycles. The highest BCUT2D eigenvalue weighted by Crippen LogP contribution is 2.40. The average Bonchev–Trinajstić information content (AvgIpc) is 2.80. The maximum atomic E-state index is 6.25.